The van der Waals surface area contributed by atoms with Gasteiger partial charge >= 0.3 is 12.2 Å². The smallest absolute Gasteiger partial charge is 0.411 e. The number of likely N-dealkylation sites (tertiary alicyclic amines) is 2. The number of fused-ring (bicyclic) bond motifs is 2. The Bertz CT molecular complexity index is 4600. The highest BCUT2D eigenvalue weighted by molar-refractivity contribution is 7.91. The monoisotopic (exact) mass is 1470 g/mol. The molecule has 6 fully saturated rings. The Morgan fingerprint density at radius 3 is 1.36 bits per heavy atom. The molecule has 2 saturated heterocycles. The third kappa shape index (κ3) is 17.0. The first-order valence-corrected chi connectivity index (χ1v) is 37.5. The van der Waals surface area contributed by atoms with Crippen molar-refractivity contribution in [2.45, 2.75) is 177 Å². The minimum atomic E-state index is -3.92. The number of hydrogen-bond acceptors (Lipinski definition) is 21. The van der Waals surface area contributed by atoms with E-state index in [0.29, 0.717) is 93.3 Å². The summed E-state index contributed by atoms with van der Waals surface area (Å²) in [6, 6.07) is 21.8. The zero-order chi connectivity index (χ0) is 75.2. The molecule has 6 heterocycles. The number of nitrogens with one attached hydrogen (secondary N) is 5. The van der Waals surface area contributed by atoms with Crippen LogP contribution in [0.4, 0.5) is 9.59 Å². The first-order valence-electron chi connectivity index (χ1n) is 34.4. The van der Waals surface area contributed by atoms with E-state index in [9.17, 15) is 50.4 Å². The Hall–Kier alpha value is -9.97. The van der Waals surface area contributed by atoms with Gasteiger partial charge in [-0.1, -0.05) is 45.1 Å². The van der Waals surface area contributed by atoms with Gasteiger partial charge in [-0.3, -0.25) is 48.3 Å². The summed E-state index contributed by atoms with van der Waals surface area (Å²) in [7, 11) is -4.66. The van der Waals surface area contributed by atoms with Gasteiger partial charge in [0.15, 0.2) is 0 Å². The molecular weight excluding hydrogens is 1380 g/mol. The first-order chi connectivity index (χ1) is 49.0. The summed E-state index contributed by atoms with van der Waals surface area (Å²) in [6.07, 6.45) is 5.60. The predicted octanol–water partition coefficient (Wildman–Crippen LogP) is 7.99. The molecule has 0 bridgehead atoms. The lowest BCUT2D eigenvalue weighted by molar-refractivity contribution is -0.143. The number of hydrogen-bond donors (Lipinski definition) is 5. The Labute approximate surface area is 604 Å². The number of rotatable bonds is 22. The number of alkyl carbamates (subject to hydrolysis) is 1. The standard InChI is InChI=1S/C40H50N6O9S.C34H39N5O8S/c1-9-23-21-40(23,36(49)45-56(51,52)26-14-15-26)44-34(47)31-19-25(22-46(31)35(48)33(38(2,3)4)43-37(50)55-39(5,6)7)54-32-20-30(28-12-10-11-17-41-28)42-29-18-24(53-8)13-16-27(29)32;1-6-20-18-34(20,31(41)38-48(43,44)23-11-12-23)37-30(40)28-16-22(19-39(28)32(42)47-33(2,3)4)46-29-17-27(25-9-7-8-14-35-25)36-26-15-21(45-5)10-13-24(26)29/h9-13,16-18,20,23,25-26,31,33H,1,14-15,19,21-22H2,2-8H3,(H,43,50)(H,44,47)(H,45,49);6-10,13-15,17,20,22-23,28H,1,11-12,16,18-19H2,2-5H3,(H,37,40)(H,38,41)/t23-,25-,31+,33-,40-;20-,22-,28+,34-/m11/s1. The van der Waals surface area contributed by atoms with Crippen LogP contribution >= 0.6 is 0 Å². The van der Waals surface area contributed by atoms with Crippen LogP contribution in [0.25, 0.3) is 44.6 Å². The fraction of sp³-hybridized carbons (Fsp3) is 0.473. The average Bonchev–Trinajstić information content (AvgIpc) is 1.57. The molecule has 6 aromatic rings. The zero-order valence-electron chi connectivity index (χ0n) is 60.0. The van der Waals surface area contributed by atoms with E-state index in [1.54, 1.807) is 137 Å². The van der Waals surface area contributed by atoms with E-state index >= 15 is 0 Å². The molecule has 7 amide bonds. The predicted molar refractivity (Wildman–Crippen MR) is 384 cm³/mol. The van der Waals surface area contributed by atoms with Gasteiger partial charge in [-0.25, -0.2) is 36.4 Å². The Balaban J connectivity index is 0.000000211. The molecule has 0 spiro atoms. The number of aromatic nitrogens is 4. The number of nitrogens with zero attached hydrogens (tertiary/aromatic N) is 6. The fourth-order valence-corrected chi connectivity index (χ4v) is 15.5. The molecule has 554 valence electrons. The third-order valence-corrected chi connectivity index (χ3v) is 22.4. The van der Waals surface area contributed by atoms with E-state index in [1.165, 1.54) is 22.0 Å². The van der Waals surface area contributed by atoms with Gasteiger partial charge in [0.05, 0.1) is 71.6 Å². The van der Waals surface area contributed by atoms with Gasteiger partial charge in [0, 0.05) is 72.1 Å². The zero-order valence-corrected chi connectivity index (χ0v) is 61.6. The van der Waals surface area contributed by atoms with Crippen molar-refractivity contribution in [2.75, 3.05) is 27.3 Å². The quantitative estimate of drug-likeness (QED) is 0.0402. The number of sulfonamides is 2. The van der Waals surface area contributed by atoms with Crippen LogP contribution in [0.3, 0.4) is 0 Å². The summed E-state index contributed by atoms with van der Waals surface area (Å²) in [5.41, 5.74) is -2.15. The van der Waals surface area contributed by atoms with Crippen LogP contribution in [0.15, 0.2) is 123 Å². The van der Waals surface area contributed by atoms with E-state index in [0.717, 1.165) is 0 Å². The van der Waals surface area contributed by atoms with Gasteiger partial charge in [0.25, 0.3) is 11.8 Å². The average molecular weight is 1470 g/mol. The normalized spacial score (nSPS) is 23.2. The van der Waals surface area contributed by atoms with Crippen LogP contribution in [-0.4, -0.2) is 179 Å². The van der Waals surface area contributed by atoms with Crippen molar-refractivity contribution < 1.29 is 78.8 Å². The lowest BCUT2D eigenvalue weighted by Crippen LogP contribution is -2.60. The molecule has 28 nitrogen and oxygen atoms in total. The van der Waals surface area contributed by atoms with Crippen molar-refractivity contribution in [2.24, 2.45) is 17.3 Å². The second kappa shape index (κ2) is 28.9. The second-order valence-electron chi connectivity index (χ2n) is 30.1. The van der Waals surface area contributed by atoms with Crippen LogP contribution in [0.1, 0.15) is 114 Å². The molecule has 104 heavy (non-hydrogen) atoms. The summed E-state index contributed by atoms with van der Waals surface area (Å²) >= 11 is 0. The van der Waals surface area contributed by atoms with Crippen molar-refractivity contribution >= 4 is 83.6 Å². The van der Waals surface area contributed by atoms with Crippen molar-refractivity contribution in [3.8, 4) is 45.8 Å². The van der Waals surface area contributed by atoms with E-state index in [-0.39, 0.29) is 38.8 Å². The van der Waals surface area contributed by atoms with E-state index in [2.05, 4.69) is 48.5 Å². The van der Waals surface area contributed by atoms with Gasteiger partial charge in [0.1, 0.15) is 75.6 Å². The molecule has 4 saturated carbocycles. The summed E-state index contributed by atoms with van der Waals surface area (Å²) < 4.78 is 90.2. The Kier molecular flexibility index (Phi) is 20.9. The minimum absolute atomic E-state index is 0.00338. The maximum atomic E-state index is 14.6. The van der Waals surface area contributed by atoms with Crippen molar-refractivity contribution in [1.82, 2.24) is 55.1 Å². The largest absolute Gasteiger partial charge is 0.497 e. The SMILES string of the molecule is C=C[C@@H]1C[C@]1(NC(=O)[C@@H]1C[C@@H](Oc2cc(-c3ccccn3)nc3cc(OC)ccc23)CN1C(=O)OC(C)(C)C)C(=O)NS(=O)(=O)C1CC1.C=C[C@@H]1C[C@]1(NC(=O)[C@@H]1C[C@@H](Oc2cc(-c3ccccn3)nc3cc(OC)ccc23)CN1C(=O)[C@@H](NC(=O)OC(C)(C)C)C(C)(C)C)C(=O)NS(=O)(=O)C1CC1. The van der Waals surface area contributed by atoms with Crippen molar-refractivity contribution in [3.05, 3.63) is 123 Å². The molecular formula is C74H89N11O17S2. The lowest BCUT2D eigenvalue weighted by Gasteiger charge is -2.36. The molecule has 0 radical (unpaired) electrons. The van der Waals surface area contributed by atoms with Crippen LogP contribution < -0.4 is 44.3 Å². The molecule has 9 atom stereocenters. The lowest BCUT2D eigenvalue weighted by atomic mass is 9.85. The molecule has 0 unspecified atom stereocenters. The van der Waals surface area contributed by atoms with Gasteiger partial charge in [-0.15, -0.1) is 13.2 Å². The van der Waals surface area contributed by atoms with Gasteiger partial charge in [-0.2, -0.15) is 0 Å². The number of methoxy groups -OCH3 is 2. The minimum Gasteiger partial charge on any atom is -0.497 e. The molecule has 5 N–H and O–H groups in total. The van der Waals surface area contributed by atoms with E-state index < -0.39 is 142 Å². The number of amides is 7. The van der Waals surface area contributed by atoms with Gasteiger partial charge in [-0.05, 0) is 134 Å². The maximum Gasteiger partial charge on any atom is 0.411 e. The number of benzene rings is 2. The molecule has 12 rings (SSSR count). The van der Waals surface area contributed by atoms with Crippen molar-refractivity contribution in [3.63, 3.8) is 0 Å². The highest BCUT2D eigenvalue weighted by Gasteiger charge is 2.64. The summed E-state index contributed by atoms with van der Waals surface area (Å²) in [5.74, 6) is -2.51. The first kappa shape index (κ1) is 75.2. The number of carbonyl (C=O) groups excluding carboxylic acids is 7. The summed E-state index contributed by atoms with van der Waals surface area (Å²) in [4.78, 5) is 118. The molecule has 2 aromatic carbocycles. The molecule has 6 aliphatic rings. The summed E-state index contributed by atoms with van der Waals surface area (Å²) in [5, 5.41) is 8.35. The fourth-order valence-electron chi connectivity index (χ4n) is 12.8. The number of ether oxygens (including phenoxy) is 6. The van der Waals surface area contributed by atoms with E-state index in [4.69, 9.17) is 38.4 Å². The van der Waals surface area contributed by atoms with Crippen molar-refractivity contribution in [1.29, 1.82) is 0 Å². The topological polar surface area (TPSA) is 361 Å². The molecule has 4 aromatic heterocycles. The maximum absolute atomic E-state index is 14.6. The number of carbonyl (C=O) groups is 7. The van der Waals surface area contributed by atoms with Crippen LogP contribution in [-0.2, 0) is 53.5 Å². The highest BCUT2D eigenvalue weighted by Crippen LogP contribution is 2.48. The molecule has 30 heteroatoms. The second-order valence-corrected chi connectivity index (χ2v) is 34.0. The van der Waals surface area contributed by atoms with Gasteiger partial charge < -0.3 is 49.3 Å². The third-order valence-electron chi connectivity index (χ3n) is 18.7. The summed E-state index contributed by atoms with van der Waals surface area (Å²) in [6.45, 7) is 23.1. The highest BCUT2D eigenvalue weighted by atomic mass is 32.2. The van der Waals surface area contributed by atoms with E-state index in [1.807, 2.05) is 36.4 Å². The number of pyridine rings is 4. The van der Waals surface area contributed by atoms with Crippen LogP contribution in [0, 0.1) is 17.3 Å². The molecule has 4 aliphatic carbocycles. The Morgan fingerprint density at radius 2 is 0.990 bits per heavy atom. The Morgan fingerprint density at radius 1 is 0.567 bits per heavy atom. The van der Waals surface area contributed by atoms with Crippen LogP contribution in [0.2, 0.25) is 0 Å². The molecule has 2 aliphatic heterocycles. The van der Waals surface area contributed by atoms with Crippen LogP contribution in [0.5, 0.6) is 23.0 Å². The van der Waals surface area contributed by atoms with Gasteiger partial charge in [0.2, 0.25) is 37.8 Å².